The number of fused-ring (bicyclic) bond motifs is 1. The van der Waals surface area contributed by atoms with Gasteiger partial charge in [-0.1, -0.05) is 55.3 Å². The van der Waals surface area contributed by atoms with Crippen LogP contribution in [0.2, 0.25) is 0 Å². The van der Waals surface area contributed by atoms with Crippen molar-refractivity contribution in [2.45, 2.75) is 90.1 Å². The zero-order valence-corrected chi connectivity index (χ0v) is 21.4. The van der Waals surface area contributed by atoms with E-state index in [0.29, 0.717) is 25.6 Å². The Kier molecular flexibility index (Phi) is 8.17. The van der Waals surface area contributed by atoms with Crippen LogP contribution in [0.4, 0.5) is 0 Å². The Balaban J connectivity index is 1.17. The summed E-state index contributed by atoms with van der Waals surface area (Å²) in [6.45, 7) is 3.07. The molecule has 0 bridgehead atoms. The van der Waals surface area contributed by atoms with E-state index < -0.39 is 0 Å². The highest BCUT2D eigenvalue weighted by Crippen LogP contribution is 2.32. The standard InChI is InChI=1S/C31H38N2O3/c1-22-29(21-35-26-17-15-25(16-18-26)32-30(34)19-23-9-5-6-10-23)33-28-14-8-7-13-27(28)31(22)36-20-24-11-3-2-4-12-24/h2-4,7-8,11-14,23,25-26H,5-6,9-10,15-21H2,1H3,(H,32,34)/t25-,26-. The second-order valence-electron chi connectivity index (χ2n) is 10.5. The molecule has 0 unspecified atom stereocenters. The second kappa shape index (κ2) is 11.9. The van der Waals surface area contributed by atoms with Gasteiger partial charge >= 0.3 is 0 Å². The Morgan fingerprint density at radius 2 is 1.64 bits per heavy atom. The second-order valence-corrected chi connectivity index (χ2v) is 10.5. The molecular formula is C31H38N2O3. The maximum atomic E-state index is 12.4. The molecule has 1 aromatic heterocycles. The van der Waals surface area contributed by atoms with Gasteiger partial charge in [0.1, 0.15) is 12.4 Å². The lowest BCUT2D eigenvalue weighted by Crippen LogP contribution is -2.39. The number of nitrogens with zero attached hydrogens (tertiary/aromatic N) is 1. The van der Waals surface area contributed by atoms with E-state index in [4.69, 9.17) is 14.5 Å². The number of para-hydroxylation sites is 1. The van der Waals surface area contributed by atoms with Crippen molar-refractivity contribution in [3.8, 4) is 5.75 Å². The van der Waals surface area contributed by atoms with Crippen LogP contribution in [0.1, 0.15) is 74.6 Å². The molecule has 0 saturated heterocycles. The van der Waals surface area contributed by atoms with E-state index in [0.717, 1.165) is 59.2 Å². The summed E-state index contributed by atoms with van der Waals surface area (Å²) in [6, 6.07) is 18.7. The Bertz CT molecular complexity index is 1150. The van der Waals surface area contributed by atoms with E-state index in [1.807, 2.05) is 36.4 Å². The summed E-state index contributed by atoms with van der Waals surface area (Å²) < 4.78 is 12.7. The summed E-state index contributed by atoms with van der Waals surface area (Å²) >= 11 is 0. The molecule has 36 heavy (non-hydrogen) atoms. The van der Waals surface area contributed by atoms with Crippen LogP contribution < -0.4 is 10.1 Å². The summed E-state index contributed by atoms with van der Waals surface area (Å²) in [4.78, 5) is 17.3. The maximum Gasteiger partial charge on any atom is 0.220 e. The van der Waals surface area contributed by atoms with Crippen LogP contribution in [0.5, 0.6) is 5.75 Å². The zero-order valence-electron chi connectivity index (χ0n) is 21.4. The van der Waals surface area contributed by atoms with Crippen molar-refractivity contribution in [2.75, 3.05) is 0 Å². The number of hydrogen-bond donors (Lipinski definition) is 1. The largest absolute Gasteiger partial charge is 0.488 e. The number of carbonyl (C=O) groups is 1. The van der Waals surface area contributed by atoms with Crippen LogP contribution in [0, 0.1) is 12.8 Å². The Hall–Kier alpha value is -2.92. The molecule has 0 radical (unpaired) electrons. The molecule has 1 heterocycles. The SMILES string of the molecule is Cc1c(CO[C@H]2CC[C@H](NC(=O)CC3CCCC3)CC2)nc2ccccc2c1OCc1ccccc1. The number of nitrogens with one attached hydrogen (secondary N) is 1. The third-order valence-electron chi connectivity index (χ3n) is 7.85. The molecule has 5 heteroatoms. The van der Waals surface area contributed by atoms with E-state index in [1.165, 1.54) is 25.7 Å². The molecule has 2 fully saturated rings. The molecule has 5 nitrogen and oxygen atoms in total. The maximum absolute atomic E-state index is 12.4. The van der Waals surface area contributed by atoms with Gasteiger partial charge in [0.05, 0.1) is 23.9 Å². The van der Waals surface area contributed by atoms with Gasteiger partial charge < -0.3 is 14.8 Å². The van der Waals surface area contributed by atoms with Crippen LogP contribution in [-0.2, 0) is 22.7 Å². The summed E-state index contributed by atoms with van der Waals surface area (Å²) in [5.74, 6) is 1.73. The van der Waals surface area contributed by atoms with Gasteiger partial charge in [-0.25, -0.2) is 4.98 Å². The van der Waals surface area contributed by atoms with Crippen molar-refractivity contribution in [3.05, 3.63) is 71.4 Å². The normalized spacial score (nSPS) is 20.5. The van der Waals surface area contributed by atoms with E-state index in [9.17, 15) is 4.79 Å². The molecule has 1 N–H and O–H groups in total. The van der Waals surface area contributed by atoms with Gasteiger partial charge in [0, 0.05) is 23.4 Å². The average Bonchev–Trinajstić information content (AvgIpc) is 3.41. The van der Waals surface area contributed by atoms with Gasteiger partial charge in [-0.3, -0.25) is 4.79 Å². The predicted octanol–water partition coefficient (Wildman–Crippen LogP) is 6.65. The highest BCUT2D eigenvalue weighted by atomic mass is 16.5. The van der Waals surface area contributed by atoms with Gasteiger partial charge in [0.25, 0.3) is 0 Å². The van der Waals surface area contributed by atoms with E-state index >= 15 is 0 Å². The molecule has 1 amide bonds. The van der Waals surface area contributed by atoms with Crippen molar-refractivity contribution in [3.63, 3.8) is 0 Å². The summed E-state index contributed by atoms with van der Waals surface area (Å²) in [7, 11) is 0. The Morgan fingerprint density at radius 1 is 0.917 bits per heavy atom. The fraction of sp³-hybridized carbons (Fsp3) is 0.484. The smallest absolute Gasteiger partial charge is 0.220 e. The molecule has 2 aliphatic carbocycles. The van der Waals surface area contributed by atoms with Crippen LogP contribution in [0.15, 0.2) is 54.6 Å². The first-order valence-electron chi connectivity index (χ1n) is 13.6. The minimum atomic E-state index is 0.203. The number of aromatic nitrogens is 1. The lowest BCUT2D eigenvalue weighted by Gasteiger charge is -2.29. The average molecular weight is 487 g/mol. The quantitative estimate of drug-likeness (QED) is 0.368. The molecule has 2 aliphatic rings. The molecule has 190 valence electrons. The van der Waals surface area contributed by atoms with Gasteiger partial charge in [0.2, 0.25) is 5.91 Å². The molecule has 2 saturated carbocycles. The number of pyridine rings is 1. The minimum absolute atomic E-state index is 0.203. The van der Waals surface area contributed by atoms with Crippen molar-refractivity contribution in [1.29, 1.82) is 0 Å². The number of ether oxygens (including phenoxy) is 2. The zero-order chi connectivity index (χ0) is 24.7. The minimum Gasteiger partial charge on any atom is -0.488 e. The molecule has 0 spiro atoms. The Labute approximate surface area is 214 Å². The number of rotatable bonds is 9. The van der Waals surface area contributed by atoms with Crippen molar-refractivity contribution in [2.24, 2.45) is 5.92 Å². The van der Waals surface area contributed by atoms with Gasteiger partial charge in [-0.05, 0) is 69.1 Å². The third kappa shape index (κ3) is 6.25. The molecule has 0 aliphatic heterocycles. The number of carbonyl (C=O) groups excluding carboxylic acids is 1. The summed E-state index contributed by atoms with van der Waals surface area (Å²) in [6.07, 6.45) is 9.82. The van der Waals surface area contributed by atoms with Gasteiger partial charge in [0.15, 0.2) is 0 Å². The van der Waals surface area contributed by atoms with E-state index in [-0.39, 0.29) is 18.1 Å². The van der Waals surface area contributed by atoms with Crippen molar-refractivity contribution in [1.82, 2.24) is 10.3 Å². The molecular weight excluding hydrogens is 448 g/mol. The van der Waals surface area contributed by atoms with Crippen molar-refractivity contribution >= 4 is 16.8 Å². The molecule has 0 atom stereocenters. The molecule has 2 aromatic carbocycles. The van der Waals surface area contributed by atoms with E-state index in [2.05, 4.69) is 30.4 Å². The van der Waals surface area contributed by atoms with Gasteiger partial charge in [-0.15, -0.1) is 0 Å². The van der Waals surface area contributed by atoms with Crippen LogP contribution in [-0.4, -0.2) is 23.0 Å². The first-order chi connectivity index (χ1) is 17.7. The highest BCUT2D eigenvalue weighted by Gasteiger charge is 2.25. The first kappa shape index (κ1) is 24.8. The number of amides is 1. The number of benzene rings is 2. The van der Waals surface area contributed by atoms with Crippen LogP contribution in [0.3, 0.4) is 0 Å². The third-order valence-corrected chi connectivity index (χ3v) is 7.85. The molecule has 5 rings (SSSR count). The summed E-state index contributed by atoms with van der Waals surface area (Å²) in [5.41, 5.74) is 4.04. The fourth-order valence-electron chi connectivity index (χ4n) is 5.72. The topological polar surface area (TPSA) is 60.5 Å². The van der Waals surface area contributed by atoms with Gasteiger partial charge in [-0.2, -0.15) is 0 Å². The van der Waals surface area contributed by atoms with Crippen LogP contribution in [0.25, 0.3) is 10.9 Å². The molecule has 3 aromatic rings. The fourth-order valence-corrected chi connectivity index (χ4v) is 5.72. The van der Waals surface area contributed by atoms with Crippen molar-refractivity contribution < 1.29 is 14.3 Å². The monoisotopic (exact) mass is 486 g/mol. The highest BCUT2D eigenvalue weighted by molar-refractivity contribution is 5.86. The Morgan fingerprint density at radius 3 is 2.42 bits per heavy atom. The lowest BCUT2D eigenvalue weighted by molar-refractivity contribution is -0.123. The summed E-state index contributed by atoms with van der Waals surface area (Å²) in [5, 5.41) is 4.31. The van der Waals surface area contributed by atoms with E-state index in [1.54, 1.807) is 0 Å². The lowest BCUT2D eigenvalue weighted by atomic mass is 9.92. The first-order valence-corrected chi connectivity index (χ1v) is 13.6. The number of hydrogen-bond acceptors (Lipinski definition) is 4. The predicted molar refractivity (Wildman–Crippen MR) is 143 cm³/mol. The van der Waals surface area contributed by atoms with Crippen LogP contribution >= 0.6 is 0 Å².